The number of hydrogen-bond acceptors (Lipinski definition) is 11. The van der Waals surface area contributed by atoms with Gasteiger partial charge in [0.25, 0.3) is 5.91 Å². The van der Waals surface area contributed by atoms with Crippen molar-refractivity contribution < 1.29 is 34.1 Å². The molecule has 3 saturated heterocycles. The Hall–Kier alpha value is -3.56. The molecule has 42 heavy (non-hydrogen) atoms. The number of imidazole rings is 1. The van der Waals surface area contributed by atoms with E-state index in [1.807, 2.05) is 0 Å². The maximum absolute atomic E-state index is 12.5. The van der Waals surface area contributed by atoms with E-state index < -0.39 is 30.4 Å². The summed E-state index contributed by atoms with van der Waals surface area (Å²) < 4.78 is 12.7. The molecule has 5 N–H and O–H groups in total. The van der Waals surface area contributed by atoms with Crippen molar-refractivity contribution in [2.75, 3.05) is 32.5 Å². The number of aryl methyl sites for hydroxylation is 1. The summed E-state index contributed by atoms with van der Waals surface area (Å²) in [5.74, 6) is 0.804. The van der Waals surface area contributed by atoms with Crippen LogP contribution in [0.25, 0.3) is 11.2 Å². The third kappa shape index (κ3) is 5.72. The van der Waals surface area contributed by atoms with Gasteiger partial charge in [0.2, 0.25) is 5.91 Å². The van der Waals surface area contributed by atoms with Crippen LogP contribution >= 0.6 is 0 Å². The van der Waals surface area contributed by atoms with Crippen molar-refractivity contribution in [2.45, 2.75) is 88.0 Å². The lowest BCUT2D eigenvalue weighted by Gasteiger charge is -2.37. The Morgan fingerprint density at radius 3 is 2.62 bits per heavy atom. The SMILES string of the molecule is CN1C(=O)CC1COC(=O)N1CCC(CCCc2nc(N)c3ncn([C@@H]4O[C@H](C(=O)NC5CC5)C(O)[C@@H]4O)c3n2)CC1. The first-order chi connectivity index (χ1) is 20.2. The number of rotatable bonds is 9. The number of fused-ring (bicyclic) bond motifs is 1. The predicted octanol–water partition coefficient (Wildman–Crippen LogP) is -0.292. The Bertz CT molecular complexity index is 1340. The quantitative estimate of drug-likeness (QED) is 0.282. The lowest BCUT2D eigenvalue weighted by atomic mass is 9.91. The van der Waals surface area contributed by atoms with Crippen LogP contribution in [0.5, 0.6) is 0 Å². The van der Waals surface area contributed by atoms with Crippen LogP contribution in [-0.4, -0.2) is 115 Å². The summed E-state index contributed by atoms with van der Waals surface area (Å²) in [7, 11) is 1.72. The van der Waals surface area contributed by atoms with E-state index in [1.54, 1.807) is 16.8 Å². The summed E-state index contributed by atoms with van der Waals surface area (Å²) in [6, 6.07) is 0.0710. The van der Waals surface area contributed by atoms with E-state index in [-0.39, 0.29) is 36.5 Å². The van der Waals surface area contributed by atoms with Gasteiger partial charge in [-0.2, -0.15) is 0 Å². The van der Waals surface area contributed by atoms with Crippen LogP contribution in [0.15, 0.2) is 6.33 Å². The Morgan fingerprint density at radius 2 is 1.93 bits per heavy atom. The molecule has 0 aromatic carbocycles. The highest BCUT2D eigenvalue weighted by Crippen LogP contribution is 2.33. The van der Waals surface area contributed by atoms with Gasteiger partial charge >= 0.3 is 6.09 Å². The standard InChI is InChI=1S/C27H38N8O7/c1-33-16(11-18(33)36)12-41-27(40)34-9-7-14(8-10-34)3-2-4-17-31-23(28)19-24(32-17)35(13-29-19)26-21(38)20(37)22(42-26)25(39)30-15-5-6-15/h13-16,20-22,26,37-38H,2-12H2,1H3,(H,30,39)(H2,28,31,32)/t16?,20?,21-,22-,26+/m0/s1. The van der Waals surface area contributed by atoms with E-state index in [0.29, 0.717) is 48.8 Å². The number of carbonyl (C=O) groups excluding carboxylic acids is 3. The number of ether oxygens (including phenoxy) is 2. The van der Waals surface area contributed by atoms with E-state index in [0.717, 1.165) is 38.5 Å². The Balaban J connectivity index is 1.00. The molecule has 1 saturated carbocycles. The maximum atomic E-state index is 12.5. The smallest absolute Gasteiger partial charge is 0.409 e. The van der Waals surface area contributed by atoms with Crippen molar-refractivity contribution in [2.24, 2.45) is 5.92 Å². The topological polar surface area (TPSA) is 198 Å². The molecule has 0 spiro atoms. The second-order valence-corrected chi connectivity index (χ2v) is 11.8. The fourth-order valence-corrected chi connectivity index (χ4v) is 5.86. The number of nitrogen functional groups attached to an aromatic ring is 1. The molecule has 2 aromatic heterocycles. The van der Waals surface area contributed by atoms with Crippen molar-refractivity contribution in [1.29, 1.82) is 0 Å². The van der Waals surface area contributed by atoms with E-state index in [1.165, 1.54) is 10.9 Å². The number of likely N-dealkylation sites (tertiary alicyclic amines) is 2. The number of piperidine rings is 1. The number of carbonyl (C=O) groups is 3. The van der Waals surface area contributed by atoms with Gasteiger partial charge in [-0.1, -0.05) is 0 Å². The highest BCUT2D eigenvalue weighted by atomic mass is 16.6. The average Bonchev–Trinajstić information content (AvgIpc) is 3.62. The van der Waals surface area contributed by atoms with Gasteiger partial charge < -0.3 is 40.5 Å². The third-order valence-electron chi connectivity index (χ3n) is 8.83. The van der Waals surface area contributed by atoms with Crippen LogP contribution in [-0.2, 0) is 25.5 Å². The first-order valence-electron chi connectivity index (χ1n) is 14.7. The van der Waals surface area contributed by atoms with Gasteiger partial charge in [-0.25, -0.2) is 19.7 Å². The van der Waals surface area contributed by atoms with Crippen LogP contribution in [0.3, 0.4) is 0 Å². The molecule has 1 aliphatic carbocycles. The molecule has 4 aliphatic rings. The maximum Gasteiger partial charge on any atom is 0.409 e. The molecule has 228 valence electrons. The molecule has 2 unspecified atom stereocenters. The zero-order chi connectivity index (χ0) is 29.5. The van der Waals surface area contributed by atoms with E-state index in [9.17, 15) is 24.6 Å². The highest BCUT2D eigenvalue weighted by molar-refractivity contribution is 5.84. The summed E-state index contributed by atoms with van der Waals surface area (Å²) in [4.78, 5) is 52.9. The number of aliphatic hydroxyl groups is 2. The van der Waals surface area contributed by atoms with Crippen LogP contribution in [0, 0.1) is 5.92 Å². The summed E-state index contributed by atoms with van der Waals surface area (Å²) in [5, 5.41) is 24.0. The Morgan fingerprint density at radius 1 is 1.17 bits per heavy atom. The van der Waals surface area contributed by atoms with Gasteiger partial charge in [0, 0.05) is 32.6 Å². The van der Waals surface area contributed by atoms with Gasteiger partial charge in [-0.05, 0) is 44.4 Å². The van der Waals surface area contributed by atoms with E-state index in [4.69, 9.17) is 15.2 Å². The van der Waals surface area contributed by atoms with Crippen LogP contribution < -0.4 is 11.1 Å². The van der Waals surface area contributed by atoms with Crippen molar-refractivity contribution >= 4 is 34.9 Å². The van der Waals surface area contributed by atoms with Crippen molar-refractivity contribution in [3.8, 4) is 0 Å². The molecule has 0 bridgehead atoms. The zero-order valence-corrected chi connectivity index (χ0v) is 23.6. The van der Waals surface area contributed by atoms with Crippen LogP contribution in [0.2, 0.25) is 0 Å². The molecule has 4 fully saturated rings. The van der Waals surface area contributed by atoms with Crippen LogP contribution in [0.1, 0.15) is 57.0 Å². The lowest BCUT2D eigenvalue weighted by molar-refractivity contribution is -0.145. The van der Waals surface area contributed by atoms with Gasteiger partial charge in [0.1, 0.15) is 30.2 Å². The predicted molar refractivity (Wildman–Crippen MR) is 147 cm³/mol. The number of β-lactam (4-membered cyclic amide) rings is 1. The van der Waals surface area contributed by atoms with E-state index in [2.05, 4.69) is 20.3 Å². The first kappa shape index (κ1) is 28.6. The number of amides is 3. The number of nitrogens with zero attached hydrogens (tertiary/aromatic N) is 6. The summed E-state index contributed by atoms with van der Waals surface area (Å²) in [6.07, 6.45) is 2.37. The van der Waals surface area contributed by atoms with Gasteiger partial charge in [0.15, 0.2) is 23.8 Å². The molecule has 2 aromatic rings. The number of anilines is 1. The Labute approximate surface area is 242 Å². The molecule has 15 nitrogen and oxygen atoms in total. The fraction of sp³-hybridized carbons (Fsp3) is 0.704. The minimum atomic E-state index is -1.40. The molecular formula is C27H38N8O7. The zero-order valence-electron chi connectivity index (χ0n) is 23.6. The minimum absolute atomic E-state index is 0.0224. The summed E-state index contributed by atoms with van der Waals surface area (Å²) in [5.41, 5.74) is 6.90. The fourth-order valence-electron chi connectivity index (χ4n) is 5.86. The first-order valence-corrected chi connectivity index (χ1v) is 14.7. The minimum Gasteiger partial charge on any atom is -0.447 e. The Kier molecular flexibility index (Phi) is 7.89. The highest BCUT2D eigenvalue weighted by Gasteiger charge is 2.48. The summed E-state index contributed by atoms with van der Waals surface area (Å²) in [6.45, 7) is 1.50. The number of nitrogens with two attached hydrogens (primary N) is 1. The number of nitrogens with one attached hydrogen (secondary N) is 1. The molecule has 0 radical (unpaired) electrons. The van der Waals surface area contributed by atoms with Crippen molar-refractivity contribution in [3.63, 3.8) is 0 Å². The molecule has 6 rings (SSSR count). The van der Waals surface area contributed by atoms with Crippen molar-refractivity contribution in [3.05, 3.63) is 12.2 Å². The number of aromatic nitrogens is 4. The average molecular weight is 587 g/mol. The lowest BCUT2D eigenvalue weighted by Crippen LogP contribution is -2.53. The van der Waals surface area contributed by atoms with Crippen molar-refractivity contribution in [1.82, 2.24) is 34.6 Å². The largest absolute Gasteiger partial charge is 0.447 e. The normalized spacial score (nSPS) is 28.3. The number of hydrogen-bond donors (Lipinski definition) is 4. The molecular weight excluding hydrogens is 548 g/mol. The molecule has 5 atom stereocenters. The number of aliphatic hydroxyl groups excluding tert-OH is 2. The van der Waals surface area contributed by atoms with E-state index >= 15 is 0 Å². The molecule has 5 heterocycles. The van der Waals surface area contributed by atoms with Crippen LogP contribution in [0.4, 0.5) is 10.6 Å². The molecule has 3 aliphatic heterocycles. The van der Waals surface area contributed by atoms with Gasteiger partial charge in [-0.3, -0.25) is 14.2 Å². The molecule has 15 heteroatoms. The second-order valence-electron chi connectivity index (χ2n) is 11.8. The third-order valence-corrected chi connectivity index (χ3v) is 8.83. The monoisotopic (exact) mass is 586 g/mol. The second kappa shape index (κ2) is 11.6. The number of likely N-dealkylation sites (N-methyl/N-ethyl adjacent to an activating group) is 1. The van der Waals surface area contributed by atoms with Gasteiger partial charge in [-0.15, -0.1) is 0 Å². The van der Waals surface area contributed by atoms with Gasteiger partial charge in [0.05, 0.1) is 18.8 Å². The molecule has 3 amide bonds. The summed E-state index contributed by atoms with van der Waals surface area (Å²) >= 11 is 0.